The van der Waals surface area contributed by atoms with E-state index in [1.165, 1.54) is 5.56 Å². The zero-order chi connectivity index (χ0) is 21.2. The largest absolute Gasteiger partial charge is 0.493 e. The second-order valence-corrected chi connectivity index (χ2v) is 7.66. The highest BCUT2D eigenvalue weighted by atomic mass is 16.5. The summed E-state index contributed by atoms with van der Waals surface area (Å²) in [5, 5.41) is 3.97. The van der Waals surface area contributed by atoms with Crippen LogP contribution in [0.2, 0.25) is 0 Å². The van der Waals surface area contributed by atoms with Gasteiger partial charge in [0.15, 0.2) is 0 Å². The quantitative estimate of drug-likeness (QED) is 0.477. The summed E-state index contributed by atoms with van der Waals surface area (Å²) < 4.78 is 5.87. The number of para-hydroxylation sites is 1. The van der Waals surface area contributed by atoms with Gasteiger partial charge in [0.05, 0.1) is 41.1 Å². The summed E-state index contributed by atoms with van der Waals surface area (Å²) >= 11 is 0. The van der Waals surface area contributed by atoms with Crippen molar-refractivity contribution in [3.05, 3.63) is 82.6 Å². The van der Waals surface area contributed by atoms with E-state index in [9.17, 15) is 4.79 Å². The Labute approximate surface area is 180 Å². The zero-order valence-corrected chi connectivity index (χ0v) is 17.4. The van der Waals surface area contributed by atoms with E-state index in [1.807, 2.05) is 54.6 Å². The van der Waals surface area contributed by atoms with Crippen molar-refractivity contribution in [1.82, 2.24) is 9.97 Å². The van der Waals surface area contributed by atoms with Crippen LogP contribution in [0.15, 0.2) is 71.5 Å². The van der Waals surface area contributed by atoms with Crippen LogP contribution in [0.1, 0.15) is 18.9 Å². The van der Waals surface area contributed by atoms with E-state index in [2.05, 4.69) is 34.3 Å². The fraction of sp³-hybridized carbons (Fsp3) is 0.200. The number of hydrogen-bond donors (Lipinski definition) is 2. The SMILES string of the molecule is CCCOc1ccccc1-c1nc2cc3c(cc2c(=O)[nH]1)NCN3Cc1ccccc1. The minimum atomic E-state index is -0.156. The van der Waals surface area contributed by atoms with Gasteiger partial charge in [0, 0.05) is 6.54 Å². The lowest BCUT2D eigenvalue weighted by atomic mass is 10.1. The van der Waals surface area contributed by atoms with Crippen molar-refractivity contribution in [3.63, 3.8) is 0 Å². The highest BCUT2D eigenvalue weighted by Crippen LogP contribution is 2.36. The van der Waals surface area contributed by atoms with E-state index in [4.69, 9.17) is 9.72 Å². The van der Waals surface area contributed by atoms with Crippen molar-refractivity contribution in [2.24, 2.45) is 0 Å². The Morgan fingerprint density at radius 2 is 1.87 bits per heavy atom. The molecule has 2 heterocycles. The average Bonchev–Trinajstić information content (AvgIpc) is 3.19. The molecular weight excluding hydrogens is 388 g/mol. The number of ether oxygens (including phenoxy) is 1. The number of benzene rings is 3. The number of anilines is 2. The Balaban J connectivity index is 1.56. The maximum absolute atomic E-state index is 12.9. The fourth-order valence-corrected chi connectivity index (χ4v) is 3.92. The molecule has 0 fully saturated rings. The average molecular weight is 412 g/mol. The molecule has 0 saturated heterocycles. The van der Waals surface area contributed by atoms with Crippen LogP contribution in [0.5, 0.6) is 5.75 Å². The molecule has 6 heteroatoms. The van der Waals surface area contributed by atoms with Crippen LogP contribution in [0.3, 0.4) is 0 Å². The van der Waals surface area contributed by atoms with Gasteiger partial charge in [-0.25, -0.2) is 4.98 Å². The van der Waals surface area contributed by atoms with Crippen LogP contribution in [0.4, 0.5) is 11.4 Å². The van der Waals surface area contributed by atoms with E-state index in [0.717, 1.165) is 35.7 Å². The van der Waals surface area contributed by atoms with Gasteiger partial charge in [0.25, 0.3) is 5.56 Å². The smallest absolute Gasteiger partial charge is 0.259 e. The predicted molar refractivity (Wildman–Crippen MR) is 125 cm³/mol. The molecule has 156 valence electrons. The van der Waals surface area contributed by atoms with Gasteiger partial charge in [-0.15, -0.1) is 0 Å². The molecule has 4 aromatic rings. The van der Waals surface area contributed by atoms with Crippen molar-refractivity contribution < 1.29 is 4.74 Å². The van der Waals surface area contributed by atoms with Gasteiger partial charge in [-0.05, 0) is 36.2 Å². The van der Waals surface area contributed by atoms with Crippen LogP contribution in [0.25, 0.3) is 22.3 Å². The minimum Gasteiger partial charge on any atom is -0.493 e. The molecule has 1 aliphatic rings. The fourth-order valence-electron chi connectivity index (χ4n) is 3.92. The van der Waals surface area contributed by atoms with Crippen molar-refractivity contribution in [3.8, 4) is 17.1 Å². The number of nitrogens with one attached hydrogen (secondary N) is 2. The Morgan fingerprint density at radius 1 is 1.06 bits per heavy atom. The third kappa shape index (κ3) is 3.72. The van der Waals surface area contributed by atoms with Gasteiger partial charge < -0.3 is 19.9 Å². The maximum atomic E-state index is 12.9. The Hall–Kier alpha value is -3.80. The Kier molecular flexibility index (Phi) is 5.04. The summed E-state index contributed by atoms with van der Waals surface area (Å²) in [5.41, 5.74) is 4.54. The summed E-state index contributed by atoms with van der Waals surface area (Å²) in [6.45, 7) is 4.16. The molecule has 0 amide bonds. The summed E-state index contributed by atoms with van der Waals surface area (Å²) in [7, 11) is 0. The van der Waals surface area contributed by atoms with Crippen molar-refractivity contribution in [2.45, 2.75) is 19.9 Å². The number of hydrogen-bond acceptors (Lipinski definition) is 5. The molecule has 5 rings (SSSR count). The van der Waals surface area contributed by atoms with Crippen molar-refractivity contribution in [1.29, 1.82) is 0 Å². The first-order chi connectivity index (χ1) is 15.2. The lowest BCUT2D eigenvalue weighted by molar-refractivity contribution is 0.318. The van der Waals surface area contributed by atoms with E-state index in [1.54, 1.807) is 0 Å². The number of nitrogens with zero attached hydrogens (tertiary/aromatic N) is 2. The molecule has 1 aromatic heterocycles. The third-order valence-electron chi connectivity index (χ3n) is 5.44. The van der Waals surface area contributed by atoms with Crippen molar-refractivity contribution in [2.75, 3.05) is 23.5 Å². The number of aromatic amines is 1. The molecule has 0 saturated carbocycles. The maximum Gasteiger partial charge on any atom is 0.259 e. The van der Waals surface area contributed by atoms with Crippen LogP contribution in [0, 0.1) is 0 Å². The molecule has 2 N–H and O–H groups in total. The molecule has 0 atom stereocenters. The van der Waals surface area contributed by atoms with E-state index in [0.29, 0.717) is 30.0 Å². The number of H-pyrrole nitrogens is 1. The van der Waals surface area contributed by atoms with Gasteiger partial charge in [0.1, 0.15) is 11.6 Å². The van der Waals surface area contributed by atoms with Gasteiger partial charge in [0.2, 0.25) is 0 Å². The standard InChI is InChI=1S/C25H24N4O2/c1-2-12-31-23-11-7-6-10-18(23)24-27-20-14-22-21(13-19(20)25(30)28-24)26-16-29(22)15-17-8-4-3-5-9-17/h3-11,13-14,26H,2,12,15-16H2,1H3,(H,27,28,30). The monoisotopic (exact) mass is 412 g/mol. The molecule has 0 bridgehead atoms. The highest BCUT2D eigenvalue weighted by Gasteiger charge is 2.21. The molecule has 0 unspecified atom stereocenters. The molecule has 3 aromatic carbocycles. The van der Waals surface area contributed by atoms with Crippen molar-refractivity contribution >= 4 is 22.3 Å². The molecule has 1 aliphatic heterocycles. The lowest BCUT2D eigenvalue weighted by Gasteiger charge is -2.18. The first kappa shape index (κ1) is 19.2. The van der Waals surface area contributed by atoms with Gasteiger partial charge in [-0.2, -0.15) is 0 Å². The van der Waals surface area contributed by atoms with Gasteiger partial charge >= 0.3 is 0 Å². The number of fused-ring (bicyclic) bond motifs is 2. The van der Waals surface area contributed by atoms with Crippen LogP contribution in [-0.2, 0) is 6.54 Å². The third-order valence-corrected chi connectivity index (χ3v) is 5.44. The summed E-state index contributed by atoms with van der Waals surface area (Å²) in [6, 6.07) is 21.9. The van der Waals surface area contributed by atoms with Crippen LogP contribution in [-0.4, -0.2) is 23.2 Å². The highest BCUT2D eigenvalue weighted by molar-refractivity contribution is 5.92. The summed E-state index contributed by atoms with van der Waals surface area (Å²) in [5.74, 6) is 1.24. The normalized spacial score (nSPS) is 12.6. The van der Waals surface area contributed by atoms with Gasteiger partial charge in [-0.3, -0.25) is 4.79 Å². The zero-order valence-electron chi connectivity index (χ0n) is 17.4. The first-order valence-corrected chi connectivity index (χ1v) is 10.6. The second kappa shape index (κ2) is 8.14. The molecule has 0 aliphatic carbocycles. The first-order valence-electron chi connectivity index (χ1n) is 10.6. The Bertz CT molecular complexity index is 1280. The molecule has 0 spiro atoms. The van der Waals surface area contributed by atoms with E-state index >= 15 is 0 Å². The summed E-state index contributed by atoms with van der Waals surface area (Å²) in [4.78, 5) is 22.9. The second-order valence-electron chi connectivity index (χ2n) is 7.66. The van der Waals surface area contributed by atoms with Crippen LogP contribution < -0.4 is 20.5 Å². The lowest BCUT2D eigenvalue weighted by Crippen LogP contribution is -2.22. The Morgan fingerprint density at radius 3 is 2.71 bits per heavy atom. The molecule has 31 heavy (non-hydrogen) atoms. The molecular formula is C25H24N4O2. The van der Waals surface area contributed by atoms with E-state index in [-0.39, 0.29) is 5.56 Å². The molecule has 0 radical (unpaired) electrons. The topological polar surface area (TPSA) is 70.2 Å². The predicted octanol–water partition coefficient (Wildman–Crippen LogP) is 4.77. The van der Waals surface area contributed by atoms with Crippen LogP contribution >= 0.6 is 0 Å². The number of aromatic nitrogens is 2. The van der Waals surface area contributed by atoms with E-state index < -0.39 is 0 Å². The number of rotatable bonds is 6. The minimum absolute atomic E-state index is 0.156. The summed E-state index contributed by atoms with van der Waals surface area (Å²) in [6.07, 6.45) is 0.909. The molecule has 6 nitrogen and oxygen atoms in total. The van der Waals surface area contributed by atoms with Gasteiger partial charge in [-0.1, -0.05) is 49.4 Å².